The van der Waals surface area contributed by atoms with Crippen molar-refractivity contribution in [3.8, 4) is 16.3 Å². The first-order valence-corrected chi connectivity index (χ1v) is 12.1. The molecule has 0 fully saturated rings. The lowest BCUT2D eigenvalue weighted by molar-refractivity contribution is -0.119. The van der Waals surface area contributed by atoms with Crippen LogP contribution >= 0.6 is 23.1 Å². The third kappa shape index (κ3) is 4.92. The topological polar surface area (TPSA) is 72.7 Å². The summed E-state index contributed by atoms with van der Waals surface area (Å²) in [6.45, 7) is 8.15. The number of rotatable bonds is 7. The number of aromatic nitrogens is 4. The summed E-state index contributed by atoms with van der Waals surface area (Å²) < 4.78 is 1.91. The second kappa shape index (κ2) is 9.67. The van der Waals surface area contributed by atoms with Gasteiger partial charge in [-0.25, -0.2) is 4.98 Å². The lowest BCUT2D eigenvalue weighted by Crippen LogP contribution is -2.28. The SMILES string of the molecule is Cc1ccc(-n2cnnc2SCC(=O)NC(C)c2sc(-c3ccccc3)nc2C)cc1C. The highest BCUT2D eigenvalue weighted by atomic mass is 32.2. The number of thioether (sulfide) groups is 1. The maximum absolute atomic E-state index is 12.7. The number of hydrogen-bond acceptors (Lipinski definition) is 6. The highest BCUT2D eigenvalue weighted by Crippen LogP contribution is 2.31. The summed E-state index contributed by atoms with van der Waals surface area (Å²) in [6.07, 6.45) is 1.68. The smallest absolute Gasteiger partial charge is 0.230 e. The maximum Gasteiger partial charge on any atom is 0.230 e. The van der Waals surface area contributed by atoms with E-state index in [0.29, 0.717) is 5.16 Å². The third-order valence-electron chi connectivity index (χ3n) is 5.24. The molecule has 0 bridgehead atoms. The van der Waals surface area contributed by atoms with Crippen LogP contribution in [0.15, 0.2) is 60.0 Å². The van der Waals surface area contributed by atoms with E-state index in [9.17, 15) is 4.79 Å². The van der Waals surface area contributed by atoms with Crippen LogP contribution in [0.4, 0.5) is 0 Å². The summed E-state index contributed by atoms with van der Waals surface area (Å²) in [7, 11) is 0. The van der Waals surface area contributed by atoms with Crippen molar-refractivity contribution in [3.05, 3.63) is 76.6 Å². The number of thiazole rings is 1. The third-order valence-corrected chi connectivity index (χ3v) is 7.57. The molecule has 0 spiro atoms. The first-order chi connectivity index (χ1) is 15.4. The Hall–Kier alpha value is -2.97. The Balaban J connectivity index is 1.40. The fraction of sp³-hybridized carbons (Fsp3) is 0.250. The normalized spacial score (nSPS) is 12.0. The van der Waals surface area contributed by atoms with Crippen molar-refractivity contribution in [3.63, 3.8) is 0 Å². The molecule has 4 rings (SSSR count). The van der Waals surface area contributed by atoms with Gasteiger partial charge in [-0.1, -0.05) is 48.2 Å². The minimum atomic E-state index is -0.115. The van der Waals surface area contributed by atoms with Crippen LogP contribution < -0.4 is 5.32 Å². The van der Waals surface area contributed by atoms with Crippen LogP contribution in [-0.2, 0) is 4.79 Å². The number of aryl methyl sites for hydroxylation is 3. The fourth-order valence-electron chi connectivity index (χ4n) is 3.37. The first-order valence-electron chi connectivity index (χ1n) is 10.3. The number of carbonyl (C=O) groups is 1. The van der Waals surface area contributed by atoms with Gasteiger partial charge in [-0.05, 0) is 51.0 Å². The van der Waals surface area contributed by atoms with Gasteiger partial charge in [0.1, 0.15) is 11.3 Å². The zero-order chi connectivity index (χ0) is 22.7. The van der Waals surface area contributed by atoms with Crippen molar-refractivity contribution in [2.24, 2.45) is 0 Å². The molecule has 8 heteroatoms. The zero-order valence-electron chi connectivity index (χ0n) is 18.5. The predicted molar refractivity (Wildman–Crippen MR) is 130 cm³/mol. The van der Waals surface area contributed by atoms with Crippen LogP contribution in [-0.4, -0.2) is 31.4 Å². The molecule has 1 amide bonds. The Kier molecular flexibility index (Phi) is 6.72. The van der Waals surface area contributed by atoms with Crippen molar-refractivity contribution in [1.29, 1.82) is 0 Å². The number of carbonyl (C=O) groups excluding carboxylic acids is 1. The van der Waals surface area contributed by atoms with Crippen LogP contribution in [0.25, 0.3) is 16.3 Å². The van der Waals surface area contributed by atoms with Crippen LogP contribution in [0, 0.1) is 20.8 Å². The highest BCUT2D eigenvalue weighted by Gasteiger charge is 2.18. The van der Waals surface area contributed by atoms with Gasteiger partial charge in [-0.3, -0.25) is 9.36 Å². The van der Waals surface area contributed by atoms with E-state index in [-0.39, 0.29) is 17.7 Å². The van der Waals surface area contributed by atoms with Crippen LogP contribution in [0.3, 0.4) is 0 Å². The molecule has 6 nitrogen and oxygen atoms in total. The monoisotopic (exact) mass is 463 g/mol. The number of nitrogens with zero attached hydrogens (tertiary/aromatic N) is 4. The van der Waals surface area contributed by atoms with Crippen molar-refractivity contribution in [2.75, 3.05) is 5.75 Å². The molecule has 2 aromatic heterocycles. The zero-order valence-corrected chi connectivity index (χ0v) is 20.1. The quantitative estimate of drug-likeness (QED) is 0.377. The second-order valence-corrected chi connectivity index (χ2v) is 9.64. The van der Waals surface area contributed by atoms with Gasteiger partial charge in [0.2, 0.25) is 5.91 Å². The van der Waals surface area contributed by atoms with Crippen molar-refractivity contribution >= 4 is 29.0 Å². The maximum atomic E-state index is 12.7. The Morgan fingerprint density at radius 3 is 2.66 bits per heavy atom. The van der Waals surface area contributed by atoms with Crippen LogP contribution in [0.5, 0.6) is 0 Å². The first kappa shape index (κ1) is 22.2. The fourth-order valence-corrected chi connectivity index (χ4v) is 5.18. The average Bonchev–Trinajstić information content (AvgIpc) is 3.41. The van der Waals surface area contributed by atoms with E-state index in [1.165, 1.54) is 22.9 Å². The predicted octanol–water partition coefficient (Wildman–Crippen LogP) is 5.29. The van der Waals surface area contributed by atoms with Gasteiger partial charge in [-0.2, -0.15) is 0 Å². The second-order valence-electron chi connectivity index (χ2n) is 7.66. The Morgan fingerprint density at radius 2 is 1.91 bits per heavy atom. The summed E-state index contributed by atoms with van der Waals surface area (Å²) in [5.41, 5.74) is 5.46. The molecule has 2 heterocycles. The van der Waals surface area contributed by atoms with Gasteiger partial charge >= 0.3 is 0 Å². The number of hydrogen-bond donors (Lipinski definition) is 1. The molecule has 4 aromatic rings. The van der Waals surface area contributed by atoms with E-state index in [1.807, 2.05) is 54.8 Å². The molecule has 0 aliphatic carbocycles. The number of benzene rings is 2. The molecule has 1 atom stereocenters. The standard InChI is InChI=1S/C24H25N5OS2/c1-15-10-11-20(12-16(15)2)29-14-25-28-24(29)31-13-21(30)26-17(3)22-18(4)27-23(32-22)19-8-6-5-7-9-19/h5-12,14,17H,13H2,1-4H3,(H,26,30). The molecule has 1 unspecified atom stereocenters. The molecule has 1 N–H and O–H groups in total. The van der Waals surface area contributed by atoms with Crippen molar-refractivity contribution in [2.45, 2.75) is 38.9 Å². The molecule has 0 radical (unpaired) electrons. The summed E-state index contributed by atoms with van der Waals surface area (Å²) >= 11 is 3.00. The Bertz CT molecular complexity index is 1230. The van der Waals surface area contributed by atoms with Gasteiger partial charge in [0.25, 0.3) is 0 Å². The van der Waals surface area contributed by atoms with Gasteiger partial charge in [0.15, 0.2) is 5.16 Å². The Labute approximate surface area is 196 Å². The minimum absolute atomic E-state index is 0.0498. The van der Waals surface area contributed by atoms with Crippen LogP contribution in [0.2, 0.25) is 0 Å². The van der Waals surface area contributed by atoms with Crippen molar-refractivity contribution < 1.29 is 4.79 Å². The van der Waals surface area contributed by atoms with Crippen molar-refractivity contribution in [1.82, 2.24) is 25.1 Å². The van der Waals surface area contributed by atoms with E-state index in [4.69, 9.17) is 4.98 Å². The average molecular weight is 464 g/mol. The lowest BCUT2D eigenvalue weighted by atomic mass is 10.1. The Morgan fingerprint density at radius 1 is 1.12 bits per heavy atom. The van der Waals surface area contributed by atoms with E-state index in [0.717, 1.165) is 26.8 Å². The summed E-state index contributed by atoms with van der Waals surface area (Å²) in [6, 6.07) is 16.2. The highest BCUT2D eigenvalue weighted by molar-refractivity contribution is 7.99. The number of amides is 1. The van der Waals surface area contributed by atoms with Gasteiger partial charge in [0, 0.05) is 11.3 Å². The molecule has 0 saturated carbocycles. The summed E-state index contributed by atoms with van der Waals surface area (Å²) in [5, 5.41) is 13.0. The lowest BCUT2D eigenvalue weighted by Gasteiger charge is -2.13. The van der Waals surface area contributed by atoms with E-state index in [2.05, 4.69) is 41.5 Å². The molecule has 0 aliphatic rings. The number of nitrogens with one attached hydrogen (secondary N) is 1. The van der Waals surface area contributed by atoms with E-state index < -0.39 is 0 Å². The van der Waals surface area contributed by atoms with Crippen LogP contribution in [0.1, 0.15) is 34.7 Å². The molecule has 2 aromatic carbocycles. The molecule has 164 valence electrons. The van der Waals surface area contributed by atoms with Gasteiger partial charge in [-0.15, -0.1) is 21.5 Å². The molecular formula is C24H25N5OS2. The summed E-state index contributed by atoms with van der Waals surface area (Å²) in [4.78, 5) is 18.4. The molecular weight excluding hydrogens is 438 g/mol. The largest absolute Gasteiger partial charge is 0.348 e. The van der Waals surface area contributed by atoms with E-state index in [1.54, 1.807) is 17.7 Å². The van der Waals surface area contributed by atoms with E-state index >= 15 is 0 Å². The summed E-state index contributed by atoms with van der Waals surface area (Å²) in [5.74, 6) is 0.211. The molecule has 32 heavy (non-hydrogen) atoms. The molecule has 0 saturated heterocycles. The molecule has 0 aliphatic heterocycles. The van der Waals surface area contributed by atoms with Gasteiger partial charge in [0.05, 0.1) is 22.4 Å². The minimum Gasteiger partial charge on any atom is -0.348 e. The van der Waals surface area contributed by atoms with Gasteiger partial charge < -0.3 is 5.32 Å².